The van der Waals surface area contributed by atoms with Crippen LogP contribution in [0, 0.1) is 4.78 Å². The molecule has 0 fully saturated rings. The van der Waals surface area contributed by atoms with Crippen molar-refractivity contribution in [2.24, 2.45) is 5.11 Å². The van der Waals surface area contributed by atoms with Crippen LogP contribution in [0.2, 0.25) is 5.15 Å². The molecule has 0 aliphatic heterocycles. The first-order valence-electron chi connectivity index (χ1n) is 8.90. The van der Waals surface area contributed by atoms with Gasteiger partial charge in [0.05, 0.1) is 17.0 Å². The number of hydrogen-bond donors (Lipinski definition) is 2. The third kappa shape index (κ3) is 4.66. The number of nitrogens with one attached hydrogen (secondary N) is 1. The van der Waals surface area contributed by atoms with Gasteiger partial charge in [-0.3, -0.25) is 8.99 Å². The number of fused-ring (bicyclic) bond motifs is 1. The van der Waals surface area contributed by atoms with Gasteiger partial charge in [-0.05, 0) is 56.7 Å². The van der Waals surface area contributed by atoms with Gasteiger partial charge in [0, 0.05) is 39.1 Å². The van der Waals surface area contributed by atoms with Gasteiger partial charge in [0.1, 0.15) is 5.15 Å². The highest BCUT2D eigenvalue weighted by Gasteiger charge is 2.28. The van der Waals surface area contributed by atoms with Gasteiger partial charge in [0.2, 0.25) is 5.88 Å². The molecule has 1 N–H and O–H groups in total. The Bertz CT molecular complexity index is 995. The van der Waals surface area contributed by atoms with E-state index in [-0.39, 0.29) is 6.10 Å². The van der Waals surface area contributed by atoms with Crippen molar-refractivity contribution in [3.63, 3.8) is 0 Å². The average Bonchev–Trinajstić information content (AvgIpc) is 2.61. The van der Waals surface area contributed by atoms with Crippen LogP contribution in [0.5, 0.6) is 5.88 Å². The Hall–Kier alpha value is -2.09. The number of pyridine rings is 2. The van der Waals surface area contributed by atoms with Crippen molar-refractivity contribution >= 4 is 33.0 Å². The largest absolute Gasteiger partial charge is 0.474 e. The topological polar surface area (TPSA) is 125 Å². The normalized spacial score (nSPS) is 16.1. The van der Waals surface area contributed by atoms with Gasteiger partial charge in [-0.1, -0.05) is 23.6 Å². The van der Waals surface area contributed by atoms with Crippen molar-refractivity contribution in [3.05, 3.63) is 39.6 Å². The maximum Gasteiger partial charge on any atom is 0.223 e. The van der Waals surface area contributed by atoms with Crippen LogP contribution in [0.1, 0.15) is 53.0 Å². The number of nitrogens with zero attached hydrogens (tertiary/aromatic N) is 5. The monoisotopic (exact) mass is 424 g/mol. The molecule has 2 aromatic heterocycles. The van der Waals surface area contributed by atoms with Crippen LogP contribution >= 0.6 is 11.6 Å². The first-order valence-corrected chi connectivity index (χ1v) is 10.5. The van der Waals surface area contributed by atoms with Crippen molar-refractivity contribution in [1.29, 1.82) is 4.78 Å². The van der Waals surface area contributed by atoms with Crippen LogP contribution in [0.15, 0.2) is 23.6 Å². The second-order valence-corrected chi connectivity index (χ2v) is 9.77. The minimum absolute atomic E-state index is 0.311. The molecule has 0 bridgehead atoms. The van der Waals surface area contributed by atoms with E-state index in [0.29, 0.717) is 29.3 Å². The highest BCUT2D eigenvalue weighted by atomic mass is 35.5. The third-order valence-electron chi connectivity index (χ3n) is 4.89. The van der Waals surface area contributed by atoms with Gasteiger partial charge in [0.15, 0.2) is 0 Å². The molecule has 2 rings (SSSR count). The van der Waals surface area contributed by atoms with Crippen LogP contribution < -0.4 is 4.74 Å². The zero-order valence-electron chi connectivity index (χ0n) is 16.6. The van der Waals surface area contributed by atoms with E-state index in [1.54, 1.807) is 32.3 Å². The Morgan fingerprint density at radius 3 is 2.61 bits per heavy atom. The molecule has 0 amide bonds. The average molecular weight is 425 g/mol. The molecule has 28 heavy (non-hydrogen) atoms. The molecule has 152 valence electrons. The summed E-state index contributed by atoms with van der Waals surface area (Å²) in [4.78, 5) is 11.6. The van der Waals surface area contributed by atoms with Crippen molar-refractivity contribution in [2.75, 3.05) is 0 Å². The molecule has 0 aliphatic rings. The van der Waals surface area contributed by atoms with Gasteiger partial charge in [0.25, 0.3) is 0 Å². The summed E-state index contributed by atoms with van der Waals surface area (Å²) in [6.45, 7) is 9.18. The first-order chi connectivity index (χ1) is 13.0. The zero-order valence-corrected chi connectivity index (χ0v) is 18.3. The molecule has 2 aromatic rings. The molecule has 0 spiro atoms. The SMILES string of the molecule is CC[C@@](C)(N=[N+]=[N-])c1cnc(O[C@H](C)CC(C)(C)[SH](=N)=O)c2cnc(Cl)cc12. The van der Waals surface area contributed by atoms with E-state index >= 15 is 0 Å². The minimum Gasteiger partial charge on any atom is -0.474 e. The number of aromatic nitrogens is 2. The van der Waals surface area contributed by atoms with Gasteiger partial charge in [-0.25, -0.2) is 9.97 Å². The maximum absolute atomic E-state index is 11.6. The lowest BCUT2D eigenvalue weighted by atomic mass is 9.88. The summed E-state index contributed by atoms with van der Waals surface area (Å²) in [6, 6.07) is 1.71. The third-order valence-corrected chi connectivity index (χ3v) is 6.37. The Balaban J connectivity index is 2.53. The number of azide groups is 1. The first kappa shape index (κ1) is 22.2. The van der Waals surface area contributed by atoms with Crippen LogP contribution in [0.25, 0.3) is 21.2 Å². The van der Waals surface area contributed by atoms with E-state index in [1.807, 2.05) is 20.8 Å². The molecule has 0 saturated heterocycles. The number of hydrogen-bond acceptors (Lipinski definition) is 6. The number of thiol groups is 1. The van der Waals surface area contributed by atoms with Gasteiger partial charge >= 0.3 is 0 Å². The number of ether oxygens (including phenoxy) is 1. The lowest BCUT2D eigenvalue weighted by Gasteiger charge is -2.26. The van der Waals surface area contributed by atoms with Crippen LogP contribution in [-0.2, 0) is 16.1 Å². The fourth-order valence-corrected chi connectivity index (χ4v) is 3.62. The highest BCUT2D eigenvalue weighted by molar-refractivity contribution is 7.75. The number of halogens is 1. The summed E-state index contributed by atoms with van der Waals surface area (Å²) in [5.41, 5.74) is 8.93. The van der Waals surface area contributed by atoms with E-state index in [1.165, 1.54) is 0 Å². The second-order valence-electron chi connectivity index (χ2n) is 7.59. The van der Waals surface area contributed by atoms with Crippen molar-refractivity contribution in [1.82, 2.24) is 9.97 Å². The van der Waals surface area contributed by atoms with Gasteiger partial charge < -0.3 is 4.74 Å². The summed E-state index contributed by atoms with van der Waals surface area (Å²) in [6.07, 6.45) is 3.91. The van der Waals surface area contributed by atoms with Gasteiger partial charge in [-0.2, -0.15) is 0 Å². The molecule has 0 saturated carbocycles. The Morgan fingerprint density at radius 2 is 2.04 bits per heavy atom. The standard InChI is InChI=1S/C18H25ClN6O2S/c1-6-18(5,24-25-20)14-10-23-16(13-9-22-15(19)7-12(13)14)27-11(2)8-17(3,4)28(21)26/h7,9-11,21,28H,6,8H2,1-5H3/t11-,18-/m1/s1. The molecule has 10 heteroatoms. The summed E-state index contributed by atoms with van der Waals surface area (Å²) < 4.78 is 24.5. The van der Waals surface area contributed by atoms with Crippen LogP contribution in [0.3, 0.4) is 0 Å². The van der Waals surface area contributed by atoms with E-state index in [4.69, 9.17) is 26.6 Å². The predicted molar refractivity (Wildman–Crippen MR) is 112 cm³/mol. The summed E-state index contributed by atoms with van der Waals surface area (Å²) in [5, 5.41) is 5.67. The quantitative estimate of drug-likeness (QED) is 0.193. The molecule has 0 radical (unpaired) electrons. The molecule has 0 aliphatic carbocycles. The smallest absolute Gasteiger partial charge is 0.223 e. The molecule has 3 atom stereocenters. The lowest BCUT2D eigenvalue weighted by molar-refractivity contribution is 0.193. The van der Waals surface area contributed by atoms with Gasteiger partial charge in [-0.15, -0.1) is 0 Å². The van der Waals surface area contributed by atoms with Crippen molar-refractivity contribution < 1.29 is 8.95 Å². The van der Waals surface area contributed by atoms with E-state index in [2.05, 4.69) is 20.0 Å². The Labute approximate surface area is 171 Å². The van der Waals surface area contributed by atoms with E-state index in [9.17, 15) is 4.21 Å². The predicted octanol–water partition coefficient (Wildman–Crippen LogP) is 5.40. The molecular formula is C18H25ClN6O2S. The molecule has 0 aromatic carbocycles. The summed E-state index contributed by atoms with van der Waals surface area (Å²) >= 11 is 6.11. The maximum atomic E-state index is 11.6. The Morgan fingerprint density at radius 1 is 1.36 bits per heavy atom. The molecular weight excluding hydrogens is 400 g/mol. The molecule has 8 nitrogen and oxygen atoms in total. The molecule has 2 heterocycles. The minimum atomic E-state index is -2.09. The summed E-state index contributed by atoms with van der Waals surface area (Å²) in [5.74, 6) is 0.366. The Kier molecular flexibility index (Phi) is 6.75. The number of rotatable bonds is 8. The van der Waals surface area contributed by atoms with Crippen LogP contribution in [0.4, 0.5) is 0 Å². The fraction of sp³-hybridized carbons (Fsp3) is 0.556. The summed E-state index contributed by atoms with van der Waals surface area (Å²) in [7, 11) is -2.09. The zero-order chi connectivity index (χ0) is 21.1. The molecule has 1 unspecified atom stereocenters. The van der Waals surface area contributed by atoms with Crippen LogP contribution in [-0.4, -0.2) is 25.0 Å². The highest BCUT2D eigenvalue weighted by Crippen LogP contribution is 2.38. The fourth-order valence-electron chi connectivity index (χ4n) is 3.04. The van der Waals surface area contributed by atoms with Crippen molar-refractivity contribution in [2.45, 2.75) is 63.9 Å². The second kappa shape index (κ2) is 8.51. The lowest BCUT2D eigenvalue weighted by Crippen LogP contribution is -2.29. The van der Waals surface area contributed by atoms with E-state index < -0.39 is 20.9 Å². The van der Waals surface area contributed by atoms with Crippen molar-refractivity contribution in [3.8, 4) is 5.88 Å². The van der Waals surface area contributed by atoms with E-state index in [0.717, 1.165) is 10.9 Å².